The number of benzene rings is 2. The second-order valence-corrected chi connectivity index (χ2v) is 4.45. The summed E-state index contributed by atoms with van der Waals surface area (Å²) in [7, 11) is 0. The second kappa shape index (κ2) is 4.78. The summed E-state index contributed by atoms with van der Waals surface area (Å²) in [5.41, 5.74) is 9.08. The summed E-state index contributed by atoms with van der Waals surface area (Å²) in [6, 6.07) is 15.8. The van der Waals surface area contributed by atoms with E-state index in [1.165, 1.54) is 12.1 Å². The molecule has 3 heteroatoms. The lowest BCUT2D eigenvalue weighted by Gasteiger charge is -2.14. The molecule has 0 amide bonds. The number of hydrogen-bond donors (Lipinski definition) is 1. The van der Waals surface area contributed by atoms with Gasteiger partial charge in [0.25, 0.3) is 0 Å². The van der Waals surface area contributed by atoms with E-state index in [1.54, 1.807) is 18.3 Å². The molecule has 0 spiro atoms. The van der Waals surface area contributed by atoms with E-state index in [9.17, 15) is 4.39 Å². The van der Waals surface area contributed by atoms with Crippen LogP contribution in [0.5, 0.6) is 0 Å². The molecule has 2 N–H and O–H groups in total. The van der Waals surface area contributed by atoms with Crippen LogP contribution < -0.4 is 5.73 Å². The van der Waals surface area contributed by atoms with E-state index in [4.69, 9.17) is 5.73 Å². The molecule has 1 unspecified atom stereocenters. The Bertz CT molecular complexity index is 702. The molecule has 2 aromatic carbocycles. The molecule has 0 saturated carbocycles. The van der Waals surface area contributed by atoms with E-state index in [1.807, 2.05) is 30.3 Å². The molecule has 1 aromatic heterocycles. The molecular weight excluding hydrogens is 239 g/mol. The van der Waals surface area contributed by atoms with Crippen LogP contribution in [0.25, 0.3) is 10.9 Å². The lowest BCUT2D eigenvalue weighted by Crippen LogP contribution is -2.12. The van der Waals surface area contributed by atoms with Gasteiger partial charge in [0.05, 0.1) is 11.6 Å². The zero-order valence-corrected chi connectivity index (χ0v) is 10.3. The summed E-state index contributed by atoms with van der Waals surface area (Å²) >= 11 is 0. The third-order valence-corrected chi connectivity index (χ3v) is 3.25. The number of aromatic nitrogens is 1. The Balaban J connectivity index is 2.11. The smallest absolute Gasteiger partial charge is 0.123 e. The molecule has 0 aliphatic heterocycles. The predicted molar refractivity (Wildman–Crippen MR) is 74.2 cm³/mol. The minimum absolute atomic E-state index is 0.254. The molecule has 0 fully saturated rings. The van der Waals surface area contributed by atoms with Crippen LogP contribution >= 0.6 is 0 Å². The molecule has 3 aromatic rings. The van der Waals surface area contributed by atoms with E-state index < -0.39 is 0 Å². The van der Waals surface area contributed by atoms with Crippen LogP contribution in [0, 0.1) is 5.82 Å². The molecule has 94 valence electrons. The Morgan fingerprint density at radius 2 is 1.68 bits per heavy atom. The van der Waals surface area contributed by atoms with Crippen molar-refractivity contribution < 1.29 is 4.39 Å². The van der Waals surface area contributed by atoms with Gasteiger partial charge < -0.3 is 5.73 Å². The van der Waals surface area contributed by atoms with Crippen molar-refractivity contribution in [2.75, 3.05) is 0 Å². The van der Waals surface area contributed by atoms with Crippen molar-refractivity contribution in [3.05, 3.63) is 77.7 Å². The van der Waals surface area contributed by atoms with Gasteiger partial charge in [-0.1, -0.05) is 30.3 Å². The van der Waals surface area contributed by atoms with E-state index in [2.05, 4.69) is 4.98 Å². The summed E-state index contributed by atoms with van der Waals surface area (Å²) in [5.74, 6) is -0.254. The number of hydrogen-bond acceptors (Lipinski definition) is 2. The third kappa shape index (κ3) is 2.20. The largest absolute Gasteiger partial charge is 0.320 e. The number of fused-ring (bicyclic) bond motifs is 1. The first-order valence-corrected chi connectivity index (χ1v) is 6.10. The number of rotatable bonds is 2. The highest BCUT2D eigenvalue weighted by molar-refractivity contribution is 5.82. The molecule has 0 radical (unpaired) electrons. The summed E-state index contributed by atoms with van der Waals surface area (Å²) in [5, 5.41) is 1.03. The molecule has 2 nitrogen and oxygen atoms in total. The third-order valence-electron chi connectivity index (χ3n) is 3.25. The molecule has 1 heterocycles. The molecule has 19 heavy (non-hydrogen) atoms. The fourth-order valence-corrected chi connectivity index (χ4v) is 2.24. The van der Waals surface area contributed by atoms with Crippen LogP contribution in [-0.2, 0) is 0 Å². The van der Waals surface area contributed by atoms with Gasteiger partial charge in [0, 0.05) is 11.6 Å². The summed E-state index contributed by atoms with van der Waals surface area (Å²) in [6.45, 7) is 0. The van der Waals surface area contributed by atoms with E-state index >= 15 is 0 Å². The van der Waals surface area contributed by atoms with Gasteiger partial charge >= 0.3 is 0 Å². The minimum Gasteiger partial charge on any atom is -0.320 e. The van der Waals surface area contributed by atoms with Crippen molar-refractivity contribution in [2.45, 2.75) is 6.04 Å². The van der Waals surface area contributed by atoms with Gasteiger partial charge in [0.1, 0.15) is 5.82 Å². The highest BCUT2D eigenvalue weighted by Gasteiger charge is 2.12. The number of nitrogens with two attached hydrogens (primary N) is 1. The van der Waals surface area contributed by atoms with Gasteiger partial charge in [0.15, 0.2) is 0 Å². The quantitative estimate of drug-likeness (QED) is 0.759. The monoisotopic (exact) mass is 252 g/mol. The highest BCUT2D eigenvalue weighted by Crippen LogP contribution is 2.26. The molecule has 0 aliphatic carbocycles. The van der Waals surface area contributed by atoms with E-state index in [0.29, 0.717) is 0 Å². The zero-order chi connectivity index (χ0) is 13.2. The van der Waals surface area contributed by atoms with Crippen molar-refractivity contribution >= 4 is 10.9 Å². The Morgan fingerprint density at radius 3 is 2.47 bits per heavy atom. The zero-order valence-electron chi connectivity index (χ0n) is 10.3. The standard InChI is InChI=1S/C16H13FN2/c17-12-7-5-11(6-8-12)16(18)14-9-10-19-15-4-2-1-3-13(14)15/h1-10,16H,18H2. The predicted octanol–water partition coefficient (Wildman–Crippen LogP) is 3.42. The topological polar surface area (TPSA) is 38.9 Å². The number of para-hydroxylation sites is 1. The fraction of sp³-hybridized carbons (Fsp3) is 0.0625. The van der Waals surface area contributed by atoms with Crippen LogP contribution in [-0.4, -0.2) is 4.98 Å². The average Bonchev–Trinajstić information content (AvgIpc) is 2.47. The van der Waals surface area contributed by atoms with E-state index in [-0.39, 0.29) is 11.9 Å². The van der Waals surface area contributed by atoms with Crippen LogP contribution in [0.15, 0.2) is 60.8 Å². The lowest BCUT2D eigenvalue weighted by molar-refractivity contribution is 0.626. The molecule has 3 rings (SSSR count). The first kappa shape index (κ1) is 11.8. The van der Waals surface area contributed by atoms with Crippen molar-refractivity contribution in [1.82, 2.24) is 4.98 Å². The Labute approximate surface area is 110 Å². The maximum absolute atomic E-state index is 13.0. The van der Waals surface area contributed by atoms with Crippen molar-refractivity contribution in [1.29, 1.82) is 0 Å². The van der Waals surface area contributed by atoms with Crippen molar-refractivity contribution in [2.24, 2.45) is 5.73 Å². The first-order valence-electron chi connectivity index (χ1n) is 6.10. The summed E-state index contributed by atoms with van der Waals surface area (Å²) in [4.78, 5) is 4.32. The maximum Gasteiger partial charge on any atom is 0.123 e. The molecular formula is C16H13FN2. The normalized spacial score (nSPS) is 12.5. The van der Waals surface area contributed by atoms with Crippen LogP contribution in [0.3, 0.4) is 0 Å². The Hall–Kier alpha value is -2.26. The number of halogens is 1. The molecule has 0 saturated heterocycles. The SMILES string of the molecule is NC(c1ccc(F)cc1)c1ccnc2ccccc12. The second-order valence-electron chi connectivity index (χ2n) is 4.45. The fourth-order valence-electron chi connectivity index (χ4n) is 2.24. The minimum atomic E-state index is -0.284. The maximum atomic E-state index is 13.0. The summed E-state index contributed by atoms with van der Waals surface area (Å²) in [6.07, 6.45) is 1.75. The molecule has 0 bridgehead atoms. The lowest BCUT2D eigenvalue weighted by atomic mass is 9.96. The van der Waals surface area contributed by atoms with Gasteiger partial charge in [-0.3, -0.25) is 4.98 Å². The van der Waals surface area contributed by atoms with Gasteiger partial charge in [-0.2, -0.15) is 0 Å². The molecule has 1 atom stereocenters. The van der Waals surface area contributed by atoms with Crippen molar-refractivity contribution in [3.63, 3.8) is 0 Å². The molecule has 0 aliphatic rings. The van der Waals surface area contributed by atoms with Crippen LogP contribution in [0.2, 0.25) is 0 Å². The summed E-state index contributed by atoms with van der Waals surface area (Å²) < 4.78 is 13.0. The van der Waals surface area contributed by atoms with Gasteiger partial charge in [-0.25, -0.2) is 4.39 Å². The van der Waals surface area contributed by atoms with Crippen LogP contribution in [0.4, 0.5) is 4.39 Å². The Kier molecular flexibility index (Phi) is 2.97. The number of pyridine rings is 1. The van der Waals surface area contributed by atoms with Gasteiger partial charge in [-0.15, -0.1) is 0 Å². The van der Waals surface area contributed by atoms with Gasteiger partial charge in [0.2, 0.25) is 0 Å². The van der Waals surface area contributed by atoms with E-state index in [0.717, 1.165) is 22.0 Å². The van der Waals surface area contributed by atoms with Crippen LogP contribution in [0.1, 0.15) is 17.2 Å². The van der Waals surface area contributed by atoms with Gasteiger partial charge in [-0.05, 0) is 35.4 Å². The Morgan fingerprint density at radius 1 is 0.947 bits per heavy atom. The average molecular weight is 252 g/mol. The first-order chi connectivity index (χ1) is 9.25. The highest BCUT2D eigenvalue weighted by atomic mass is 19.1. The van der Waals surface area contributed by atoms with Crippen molar-refractivity contribution in [3.8, 4) is 0 Å². The number of nitrogens with zero attached hydrogens (tertiary/aromatic N) is 1.